The molecular formula is C12H20N4O2. The minimum atomic E-state index is 0.145. The lowest BCUT2D eigenvalue weighted by Crippen LogP contribution is -2.35. The molecule has 1 saturated heterocycles. The average Bonchev–Trinajstić information content (AvgIpc) is 2.77. The third-order valence-electron chi connectivity index (χ3n) is 3.05. The van der Waals surface area contributed by atoms with Gasteiger partial charge in [0, 0.05) is 32.7 Å². The fourth-order valence-corrected chi connectivity index (χ4v) is 2.12. The van der Waals surface area contributed by atoms with Crippen molar-refractivity contribution in [3.63, 3.8) is 0 Å². The molecule has 2 rings (SSSR count). The molecule has 1 aromatic rings. The number of amides is 1. The van der Waals surface area contributed by atoms with Crippen LogP contribution >= 0.6 is 0 Å². The highest BCUT2D eigenvalue weighted by Gasteiger charge is 2.19. The normalized spacial score (nSPS) is 20.7. The summed E-state index contributed by atoms with van der Waals surface area (Å²) >= 11 is 0. The topological polar surface area (TPSA) is 60.2 Å². The molecule has 0 aliphatic carbocycles. The van der Waals surface area contributed by atoms with Gasteiger partial charge in [0.25, 0.3) is 0 Å². The number of hydrogen-bond donors (Lipinski definition) is 0. The fourth-order valence-electron chi connectivity index (χ4n) is 2.12. The Bertz CT molecular complexity index is 366. The standard InChI is InChI=1S/C12H20N4O2/c1-11-8-15(5-3-7-18-11)12(17)4-2-6-16-10-13-9-14-16/h9-11H,2-8H2,1H3. The van der Waals surface area contributed by atoms with Crippen LogP contribution in [-0.2, 0) is 16.1 Å². The largest absolute Gasteiger partial charge is 0.377 e. The van der Waals surface area contributed by atoms with Gasteiger partial charge < -0.3 is 9.64 Å². The summed E-state index contributed by atoms with van der Waals surface area (Å²) in [6.45, 7) is 5.03. The molecular weight excluding hydrogens is 232 g/mol. The summed E-state index contributed by atoms with van der Waals surface area (Å²) in [5.41, 5.74) is 0. The summed E-state index contributed by atoms with van der Waals surface area (Å²) in [5, 5.41) is 4.01. The van der Waals surface area contributed by atoms with Gasteiger partial charge in [-0.15, -0.1) is 0 Å². The maximum atomic E-state index is 12.0. The number of nitrogens with zero attached hydrogens (tertiary/aromatic N) is 4. The van der Waals surface area contributed by atoms with Crippen molar-refractivity contribution in [2.45, 2.75) is 38.8 Å². The maximum absolute atomic E-state index is 12.0. The van der Waals surface area contributed by atoms with Crippen LogP contribution in [0.4, 0.5) is 0 Å². The molecule has 0 saturated carbocycles. The van der Waals surface area contributed by atoms with E-state index in [1.165, 1.54) is 6.33 Å². The van der Waals surface area contributed by atoms with Crippen molar-refractivity contribution >= 4 is 5.91 Å². The molecule has 0 spiro atoms. The third-order valence-corrected chi connectivity index (χ3v) is 3.05. The van der Waals surface area contributed by atoms with E-state index in [1.807, 2.05) is 11.8 Å². The smallest absolute Gasteiger partial charge is 0.222 e. The summed E-state index contributed by atoms with van der Waals surface area (Å²) < 4.78 is 7.28. The van der Waals surface area contributed by atoms with E-state index in [4.69, 9.17) is 4.74 Å². The molecule has 0 radical (unpaired) electrons. The highest BCUT2D eigenvalue weighted by atomic mass is 16.5. The fraction of sp³-hybridized carbons (Fsp3) is 0.750. The van der Waals surface area contributed by atoms with Gasteiger partial charge in [0.2, 0.25) is 5.91 Å². The molecule has 2 heterocycles. The van der Waals surface area contributed by atoms with Crippen LogP contribution in [0.2, 0.25) is 0 Å². The first-order valence-corrected chi connectivity index (χ1v) is 6.47. The second-order valence-electron chi connectivity index (χ2n) is 4.64. The summed E-state index contributed by atoms with van der Waals surface area (Å²) in [4.78, 5) is 17.8. The van der Waals surface area contributed by atoms with Gasteiger partial charge in [-0.05, 0) is 19.8 Å². The minimum absolute atomic E-state index is 0.145. The monoisotopic (exact) mass is 252 g/mol. The van der Waals surface area contributed by atoms with Gasteiger partial charge in [-0.2, -0.15) is 5.10 Å². The summed E-state index contributed by atoms with van der Waals surface area (Å²) in [5.74, 6) is 0.215. The summed E-state index contributed by atoms with van der Waals surface area (Å²) in [6, 6.07) is 0. The van der Waals surface area contributed by atoms with Crippen molar-refractivity contribution < 1.29 is 9.53 Å². The summed E-state index contributed by atoms with van der Waals surface area (Å²) in [6.07, 6.45) is 5.62. The number of aromatic nitrogens is 3. The van der Waals surface area contributed by atoms with Crippen molar-refractivity contribution in [2.75, 3.05) is 19.7 Å². The number of rotatable bonds is 4. The van der Waals surface area contributed by atoms with Crippen LogP contribution in [0.1, 0.15) is 26.2 Å². The lowest BCUT2D eigenvalue weighted by atomic mass is 10.2. The molecule has 18 heavy (non-hydrogen) atoms. The van der Waals surface area contributed by atoms with Crippen molar-refractivity contribution in [1.29, 1.82) is 0 Å². The van der Waals surface area contributed by atoms with E-state index in [-0.39, 0.29) is 12.0 Å². The molecule has 1 unspecified atom stereocenters. The Morgan fingerprint density at radius 1 is 1.56 bits per heavy atom. The molecule has 1 aliphatic rings. The number of ether oxygens (including phenoxy) is 1. The third kappa shape index (κ3) is 3.80. The molecule has 1 aliphatic heterocycles. The predicted molar refractivity (Wildman–Crippen MR) is 65.9 cm³/mol. The zero-order valence-corrected chi connectivity index (χ0v) is 10.8. The van der Waals surface area contributed by atoms with Crippen molar-refractivity contribution in [1.82, 2.24) is 19.7 Å². The number of hydrogen-bond acceptors (Lipinski definition) is 4. The van der Waals surface area contributed by atoms with Gasteiger partial charge in [0.15, 0.2) is 0 Å². The first-order chi connectivity index (χ1) is 8.75. The SMILES string of the molecule is CC1CN(C(=O)CCCn2cncn2)CCCO1. The highest BCUT2D eigenvalue weighted by molar-refractivity contribution is 5.76. The van der Waals surface area contributed by atoms with Crippen molar-refractivity contribution in [2.24, 2.45) is 0 Å². The van der Waals surface area contributed by atoms with Gasteiger partial charge in [-0.1, -0.05) is 0 Å². The van der Waals surface area contributed by atoms with Gasteiger partial charge in [-0.25, -0.2) is 4.98 Å². The van der Waals surface area contributed by atoms with Gasteiger partial charge in [0.05, 0.1) is 6.10 Å². The Kier molecular flexibility index (Phi) is 4.69. The lowest BCUT2D eigenvalue weighted by molar-refractivity contribution is -0.132. The molecule has 1 amide bonds. The van der Waals surface area contributed by atoms with Gasteiger partial charge in [-0.3, -0.25) is 9.48 Å². The second kappa shape index (κ2) is 6.49. The summed E-state index contributed by atoms with van der Waals surface area (Å²) in [7, 11) is 0. The number of carbonyl (C=O) groups is 1. The van der Waals surface area contributed by atoms with E-state index in [0.29, 0.717) is 13.0 Å². The Hall–Kier alpha value is -1.43. The zero-order valence-electron chi connectivity index (χ0n) is 10.8. The van der Waals surface area contributed by atoms with Gasteiger partial charge in [0.1, 0.15) is 12.7 Å². The van der Waals surface area contributed by atoms with E-state index in [0.717, 1.165) is 32.5 Å². The zero-order chi connectivity index (χ0) is 12.8. The Balaban J connectivity index is 1.73. The van der Waals surface area contributed by atoms with E-state index >= 15 is 0 Å². The highest BCUT2D eigenvalue weighted by Crippen LogP contribution is 2.08. The first kappa shape index (κ1) is 13.0. The molecule has 6 heteroatoms. The molecule has 1 aromatic heterocycles. The number of carbonyl (C=O) groups excluding carboxylic acids is 1. The molecule has 1 atom stereocenters. The van der Waals surface area contributed by atoms with Crippen LogP contribution in [0.15, 0.2) is 12.7 Å². The van der Waals surface area contributed by atoms with Crippen LogP contribution in [0, 0.1) is 0 Å². The Labute approximate surface area is 107 Å². The number of aryl methyl sites for hydroxylation is 1. The second-order valence-corrected chi connectivity index (χ2v) is 4.64. The first-order valence-electron chi connectivity index (χ1n) is 6.47. The molecule has 0 bridgehead atoms. The predicted octanol–water partition coefficient (Wildman–Crippen LogP) is 0.696. The van der Waals surface area contributed by atoms with Crippen molar-refractivity contribution in [3.8, 4) is 0 Å². The van der Waals surface area contributed by atoms with Crippen molar-refractivity contribution in [3.05, 3.63) is 12.7 Å². The maximum Gasteiger partial charge on any atom is 0.222 e. The Morgan fingerprint density at radius 2 is 2.44 bits per heavy atom. The van der Waals surface area contributed by atoms with Crippen LogP contribution in [-0.4, -0.2) is 51.4 Å². The van der Waals surface area contributed by atoms with E-state index in [2.05, 4.69) is 10.1 Å². The van der Waals surface area contributed by atoms with E-state index < -0.39 is 0 Å². The lowest BCUT2D eigenvalue weighted by Gasteiger charge is -2.22. The molecule has 100 valence electrons. The average molecular weight is 252 g/mol. The minimum Gasteiger partial charge on any atom is -0.377 e. The van der Waals surface area contributed by atoms with E-state index in [9.17, 15) is 4.79 Å². The van der Waals surface area contributed by atoms with Crippen LogP contribution in [0.5, 0.6) is 0 Å². The van der Waals surface area contributed by atoms with Crippen LogP contribution in [0.25, 0.3) is 0 Å². The quantitative estimate of drug-likeness (QED) is 0.791. The molecule has 0 N–H and O–H groups in total. The van der Waals surface area contributed by atoms with E-state index in [1.54, 1.807) is 11.0 Å². The van der Waals surface area contributed by atoms with Gasteiger partial charge >= 0.3 is 0 Å². The molecule has 1 fully saturated rings. The Morgan fingerprint density at radius 3 is 3.22 bits per heavy atom. The molecule has 6 nitrogen and oxygen atoms in total. The van der Waals surface area contributed by atoms with Crippen LogP contribution in [0.3, 0.4) is 0 Å². The van der Waals surface area contributed by atoms with Crippen LogP contribution < -0.4 is 0 Å². The molecule has 0 aromatic carbocycles.